The van der Waals surface area contributed by atoms with Gasteiger partial charge in [0.15, 0.2) is 0 Å². The number of hydrogen-bond donors (Lipinski definition) is 1. The smallest absolute Gasteiger partial charge is 0.318 e. The number of nitrogens with one attached hydrogen (secondary N) is 1. The summed E-state index contributed by atoms with van der Waals surface area (Å²) < 4.78 is 5.14. The zero-order chi connectivity index (χ0) is 15.3. The van der Waals surface area contributed by atoms with Crippen LogP contribution in [-0.2, 0) is 9.53 Å². The lowest BCUT2D eigenvalue weighted by Crippen LogP contribution is -2.40. The molecule has 0 radical (unpaired) electrons. The van der Waals surface area contributed by atoms with E-state index in [1.807, 2.05) is 34.6 Å². The molecule has 1 atom stereocenters. The largest absolute Gasteiger partial charge is 0.468 e. The van der Waals surface area contributed by atoms with E-state index >= 15 is 0 Å². The molecule has 0 aromatic rings. The van der Waals surface area contributed by atoms with Gasteiger partial charge in [-0.15, -0.1) is 0 Å². The Balaban J connectivity index is 4.47. The highest BCUT2D eigenvalue weighted by molar-refractivity contribution is 8.23. The van der Waals surface area contributed by atoms with E-state index in [0.717, 1.165) is 0 Å². The first-order chi connectivity index (χ1) is 8.47. The molecule has 0 aliphatic heterocycles. The monoisotopic (exact) mass is 305 g/mol. The van der Waals surface area contributed by atoms with Gasteiger partial charge in [0.1, 0.15) is 15.2 Å². The first kappa shape index (κ1) is 18.3. The molecule has 0 aromatic carbocycles. The van der Waals surface area contributed by atoms with E-state index < -0.39 is 5.66 Å². The van der Waals surface area contributed by atoms with Crippen molar-refractivity contribution in [2.45, 2.75) is 58.0 Å². The summed E-state index contributed by atoms with van der Waals surface area (Å²) in [5.41, 5.74) is -0.833. The number of ether oxygens (including phenoxy) is 1. The van der Waals surface area contributed by atoms with Crippen LogP contribution in [-0.4, -0.2) is 33.9 Å². The van der Waals surface area contributed by atoms with Gasteiger partial charge in [0.25, 0.3) is 0 Å². The standard InChI is InChI=1S/C12H23N3O2S2/c1-8(9(16)17-7)19-10(18)13-12(5,6)15-14-11(2,3)4/h8H,1-7H3,(H,13,18). The van der Waals surface area contributed by atoms with Crippen LogP contribution in [0.2, 0.25) is 0 Å². The fourth-order valence-corrected chi connectivity index (χ4v) is 2.46. The number of thiocarbonyl (C=S) groups is 1. The molecule has 110 valence electrons. The Hall–Kier alpha value is -0.690. The summed E-state index contributed by atoms with van der Waals surface area (Å²) in [6.07, 6.45) is 0. The maximum Gasteiger partial charge on any atom is 0.318 e. The van der Waals surface area contributed by atoms with Crippen molar-refractivity contribution >= 4 is 34.3 Å². The Kier molecular flexibility index (Phi) is 6.93. The van der Waals surface area contributed by atoms with Crippen molar-refractivity contribution < 1.29 is 9.53 Å². The number of esters is 1. The molecular formula is C12H23N3O2S2. The first-order valence-corrected chi connectivity index (χ1v) is 7.26. The molecule has 1 N–H and O–H groups in total. The van der Waals surface area contributed by atoms with Crippen LogP contribution >= 0.6 is 24.0 Å². The average molecular weight is 305 g/mol. The highest BCUT2D eigenvalue weighted by Crippen LogP contribution is 2.17. The molecule has 0 aromatic heterocycles. The molecule has 0 bridgehead atoms. The van der Waals surface area contributed by atoms with E-state index in [0.29, 0.717) is 4.32 Å². The van der Waals surface area contributed by atoms with Crippen LogP contribution < -0.4 is 5.32 Å². The summed E-state index contributed by atoms with van der Waals surface area (Å²) in [5.74, 6) is -0.303. The molecule has 0 spiro atoms. The Bertz CT molecular complexity index is 362. The van der Waals surface area contributed by atoms with E-state index in [2.05, 4.69) is 20.3 Å². The predicted molar refractivity (Wildman–Crippen MR) is 83.5 cm³/mol. The van der Waals surface area contributed by atoms with Gasteiger partial charge in [-0.05, 0) is 41.5 Å². The van der Waals surface area contributed by atoms with Crippen molar-refractivity contribution in [2.75, 3.05) is 7.11 Å². The Morgan fingerprint density at radius 3 is 2.21 bits per heavy atom. The first-order valence-electron chi connectivity index (χ1n) is 5.97. The second-order valence-electron chi connectivity index (χ2n) is 5.63. The number of nitrogens with zero attached hydrogens (tertiary/aromatic N) is 2. The SMILES string of the molecule is COC(=O)C(C)SC(=S)NC(C)(C)N=NC(C)(C)C. The lowest BCUT2D eigenvalue weighted by atomic mass is 10.1. The molecular weight excluding hydrogens is 282 g/mol. The van der Waals surface area contributed by atoms with Crippen molar-refractivity contribution in [1.29, 1.82) is 0 Å². The molecule has 0 saturated heterocycles. The quantitative estimate of drug-likeness (QED) is 0.491. The second-order valence-corrected chi connectivity index (χ2v) is 7.64. The van der Waals surface area contributed by atoms with E-state index in [1.54, 1.807) is 6.92 Å². The molecule has 0 amide bonds. The minimum absolute atomic E-state index is 0.229. The van der Waals surface area contributed by atoms with Crippen molar-refractivity contribution in [3.8, 4) is 0 Å². The van der Waals surface area contributed by atoms with E-state index in [1.165, 1.54) is 18.9 Å². The number of methoxy groups -OCH3 is 1. The van der Waals surface area contributed by atoms with E-state index in [-0.39, 0.29) is 16.8 Å². The van der Waals surface area contributed by atoms with Crippen LogP contribution in [0.4, 0.5) is 0 Å². The summed E-state index contributed by atoms with van der Waals surface area (Å²) >= 11 is 6.43. The highest BCUT2D eigenvalue weighted by atomic mass is 32.2. The van der Waals surface area contributed by atoms with Gasteiger partial charge < -0.3 is 10.1 Å². The van der Waals surface area contributed by atoms with Gasteiger partial charge in [-0.25, -0.2) is 0 Å². The Labute approximate surface area is 125 Å². The van der Waals surface area contributed by atoms with Gasteiger partial charge in [0, 0.05) is 0 Å². The molecule has 5 nitrogen and oxygen atoms in total. The second kappa shape index (κ2) is 7.19. The fourth-order valence-electron chi connectivity index (χ4n) is 0.954. The molecule has 19 heavy (non-hydrogen) atoms. The van der Waals surface area contributed by atoms with Crippen molar-refractivity contribution in [2.24, 2.45) is 10.2 Å². The molecule has 0 fully saturated rings. The van der Waals surface area contributed by atoms with Crippen LogP contribution in [0.3, 0.4) is 0 Å². The molecule has 0 rings (SSSR count). The van der Waals surface area contributed by atoms with Crippen LogP contribution in [0.15, 0.2) is 10.2 Å². The minimum atomic E-state index is -0.604. The highest BCUT2D eigenvalue weighted by Gasteiger charge is 2.22. The number of carbonyl (C=O) groups excluding carboxylic acids is 1. The summed E-state index contributed by atoms with van der Waals surface area (Å²) in [5, 5.41) is 11.2. The van der Waals surface area contributed by atoms with E-state index in [9.17, 15) is 4.79 Å². The summed E-state index contributed by atoms with van der Waals surface area (Å²) in [4.78, 5) is 11.3. The van der Waals surface area contributed by atoms with Crippen LogP contribution in [0.5, 0.6) is 0 Å². The van der Waals surface area contributed by atoms with Gasteiger partial charge in [-0.1, -0.05) is 24.0 Å². The number of carbonyl (C=O) groups is 1. The molecule has 0 aliphatic carbocycles. The number of hydrogen-bond acceptors (Lipinski definition) is 6. The summed E-state index contributed by atoms with van der Waals surface area (Å²) in [7, 11) is 1.36. The van der Waals surface area contributed by atoms with Crippen molar-refractivity contribution in [1.82, 2.24) is 5.32 Å². The van der Waals surface area contributed by atoms with Gasteiger partial charge in [-0.3, -0.25) is 4.79 Å². The maximum absolute atomic E-state index is 11.3. The lowest BCUT2D eigenvalue weighted by Gasteiger charge is -2.24. The Morgan fingerprint density at radius 1 is 1.26 bits per heavy atom. The Morgan fingerprint density at radius 2 is 1.79 bits per heavy atom. The third-order valence-electron chi connectivity index (χ3n) is 1.82. The van der Waals surface area contributed by atoms with E-state index in [4.69, 9.17) is 12.2 Å². The third kappa shape index (κ3) is 8.93. The zero-order valence-corrected chi connectivity index (χ0v) is 14.2. The third-order valence-corrected chi connectivity index (χ3v) is 3.08. The normalized spacial score (nSPS) is 14.3. The van der Waals surface area contributed by atoms with Crippen LogP contribution in [0.1, 0.15) is 41.5 Å². The number of azo groups is 1. The summed E-state index contributed by atoms with van der Waals surface area (Å²) in [6, 6.07) is 0. The van der Waals surface area contributed by atoms with Gasteiger partial charge in [-0.2, -0.15) is 10.2 Å². The number of rotatable bonds is 4. The van der Waals surface area contributed by atoms with Gasteiger partial charge in [0.05, 0.1) is 12.6 Å². The van der Waals surface area contributed by atoms with Crippen LogP contribution in [0.25, 0.3) is 0 Å². The maximum atomic E-state index is 11.3. The van der Waals surface area contributed by atoms with Crippen molar-refractivity contribution in [3.63, 3.8) is 0 Å². The van der Waals surface area contributed by atoms with Gasteiger partial charge >= 0.3 is 5.97 Å². The molecule has 0 aliphatic rings. The fraction of sp³-hybridized carbons (Fsp3) is 0.833. The average Bonchev–Trinajstić information content (AvgIpc) is 2.23. The molecule has 0 saturated carbocycles. The molecule has 1 unspecified atom stereocenters. The van der Waals surface area contributed by atoms with Crippen molar-refractivity contribution in [3.05, 3.63) is 0 Å². The number of thioether (sulfide) groups is 1. The minimum Gasteiger partial charge on any atom is -0.468 e. The predicted octanol–water partition coefficient (Wildman–Crippen LogP) is 3.14. The topological polar surface area (TPSA) is 63.0 Å². The van der Waals surface area contributed by atoms with Crippen LogP contribution in [0, 0.1) is 0 Å². The molecule has 7 heteroatoms. The van der Waals surface area contributed by atoms with Gasteiger partial charge in [0.2, 0.25) is 0 Å². The summed E-state index contributed by atoms with van der Waals surface area (Å²) in [6.45, 7) is 11.4. The lowest BCUT2D eigenvalue weighted by molar-refractivity contribution is -0.139. The molecule has 0 heterocycles. The zero-order valence-electron chi connectivity index (χ0n) is 12.6.